The van der Waals surface area contributed by atoms with Gasteiger partial charge in [-0.05, 0) is 31.1 Å². The van der Waals surface area contributed by atoms with E-state index in [-0.39, 0.29) is 16.8 Å². The molecule has 2 bridgehead atoms. The van der Waals surface area contributed by atoms with Crippen molar-refractivity contribution in [2.75, 3.05) is 6.61 Å². The molecular formula is C10H15O3S-. The van der Waals surface area contributed by atoms with Crippen molar-refractivity contribution in [3.05, 3.63) is 0 Å². The summed E-state index contributed by atoms with van der Waals surface area (Å²) in [6, 6.07) is 0. The van der Waals surface area contributed by atoms with E-state index in [0.29, 0.717) is 11.8 Å². The minimum absolute atomic E-state index is 0.00328. The van der Waals surface area contributed by atoms with Crippen molar-refractivity contribution in [3.8, 4) is 0 Å². The molecule has 80 valence electrons. The fourth-order valence-corrected chi connectivity index (χ4v) is 5.19. The van der Waals surface area contributed by atoms with Crippen molar-refractivity contribution in [2.45, 2.75) is 37.5 Å². The van der Waals surface area contributed by atoms with Crippen LogP contribution in [0, 0.1) is 17.3 Å². The minimum Gasteiger partial charge on any atom is -0.772 e. The van der Waals surface area contributed by atoms with Crippen LogP contribution < -0.4 is 0 Å². The molecule has 1 heterocycles. The molecule has 0 N–H and O–H groups in total. The average Bonchev–Trinajstić information content (AvgIpc) is 2.75. The predicted molar refractivity (Wildman–Crippen MR) is 51.4 cm³/mol. The first kappa shape index (κ1) is 9.31. The van der Waals surface area contributed by atoms with E-state index >= 15 is 0 Å². The quantitative estimate of drug-likeness (QED) is 0.615. The first-order valence-electron chi connectivity index (χ1n) is 5.35. The zero-order chi connectivity index (χ0) is 9.92. The maximum Gasteiger partial charge on any atom is 0.0671 e. The summed E-state index contributed by atoms with van der Waals surface area (Å²) in [5.74, 6) is 1.15. The van der Waals surface area contributed by atoms with Crippen molar-refractivity contribution < 1.29 is 13.5 Å². The number of rotatable bonds is 1. The van der Waals surface area contributed by atoms with Crippen molar-refractivity contribution in [2.24, 2.45) is 17.3 Å². The summed E-state index contributed by atoms with van der Waals surface area (Å²) in [5, 5.41) is -0.129. The zero-order valence-electron chi connectivity index (χ0n) is 8.27. The van der Waals surface area contributed by atoms with Crippen LogP contribution in [0.25, 0.3) is 0 Å². The Bertz CT molecular complexity index is 293. The SMILES string of the molecule is CC1C2CC(S(=O)[O-])C3(CCOC13)C2. The monoisotopic (exact) mass is 215 g/mol. The Hall–Kier alpha value is 0.0700. The Kier molecular flexibility index (Phi) is 1.86. The van der Waals surface area contributed by atoms with E-state index < -0.39 is 11.1 Å². The number of hydrogen-bond acceptors (Lipinski definition) is 3. The molecule has 0 aromatic carbocycles. The molecule has 0 amide bonds. The summed E-state index contributed by atoms with van der Waals surface area (Å²) in [6.45, 7) is 2.97. The largest absolute Gasteiger partial charge is 0.772 e. The lowest BCUT2D eigenvalue weighted by atomic mass is 9.77. The molecule has 14 heavy (non-hydrogen) atoms. The van der Waals surface area contributed by atoms with Gasteiger partial charge in [0.05, 0.1) is 6.10 Å². The summed E-state index contributed by atoms with van der Waals surface area (Å²) in [5.41, 5.74) is -0.00328. The Morgan fingerprint density at radius 1 is 1.57 bits per heavy atom. The van der Waals surface area contributed by atoms with Gasteiger partial charge in [-0.25, -0.2) is 0 Å². The molecule has 3 fully saturated rings. The molecule has 3 aliphatic rings. The van der Waals surface area contributed by atoms with E-state index in [1.165, 1.54) is 0 Å². The van der Waals surface area contributed by atoms with Crippen molar-refractivity contribution >= 4 is 11.1 Å². The summed E-state index contributed by atoms with van der Waals surface area (Å²) in [4.78, 5) is 0. The molecule has 1 spiro atoms. The first-order valence-corrected chi connectivity index (χ1v) is 6.48. The van der Waals surface area contributed by atoms with Crippen LogP contribution in [0.15, 0.2) is 0 Å². The fraction of sp³-hybridized carbons (Fsp3) is 1.00. The van der Waals surface area contributed by atoms with E-state index in [9.17, 15) is 8.76 Å². The average molecular weight is 215 g/mol. The second kappa shape index (κ2) is 2.80. The lowest BCUT2D eigenvalue weighted by Crippen LogP contribution is -2.43. The van der Waals surface area contributed by atoms with Crippen LogP contribution in [0.5, 0.6) is 0 Å². The van der Waals surface area contributed by atoms with Gasteiger partial charge in [-0.2, -0.15) is 0 Å². The highest BCUT2D eigenvalue weighted by atomic mass is 32.2. The smallest absolute Gasteiger partial charge is 0.0671 e. The standard InChI is InChI=1S/C10H16O3S/c1-6-7-4-8(14(11)12)10(5-7)2-3-13-9(6)10/h6-9H,2-5H2,1H3,(H,11,12)/p-1. The Labute approximate surface area is 86.5 Å². The number of fused-ring (bicyclic) bond motifs is 1. The Morgan fingerprint density at radius 2 is 2.36 bits per heavy atom. The Balaban J connectivity index is 1.99. The Morgan fingerprint density at radius 3 is 3.07 bits per heavy atom. The summed E-state index contributed by atoms with van der Waals surface area (Å²) in [7, 11) is 0. The number of hydrogen-bond donors (Lipinski definition) is 0. The van der Waals surface area contributed by atoms with Gasteiger partial charge >= 0.3 is 0 Å². The summed E-state index contributed by atoms with van der Waals surface area (Å²) in [6.07, 6.45) is 3.13. The van der Waals surface area contributed by atoms with Crippen LogP contribution in [0.4, 0.5) is 0 Å². The highest BCUT2D eigenvalue weighted by Gasteiger charge is 2.64. The first-order chi connectivity index (χ1) is 6.65. The highest BCUT2D eigenvalue weighted by molar-refractivity contribution is 7.79. The molecule has 6 atom stereocenters. The van der Waals surface area contributed by atoms with Crippen LogP contribution in [0.3, 0.4) is 0 Å². The molecule has 6 unspecified atom stereocenters. The van der Waals surface area contributed by atoms with E-state index in [2.05, 4.69) is 6.92 Å². The molecular weight excluding hydrogens is 200 g/mol. The lowest BCUT2D eigenvalue weighted by molar-refractivity contribution is 0.0210. The zero-order valence-corrected chi connectivity index (χ0v) is 9.09. The third-order valence-corrected chi connectivity index (χ3v) is 5.81. The van der Waals surface area contributed by atoms with Crippen LogP contribution in [0.1, 0.15) is 26.2 Å². The van der Waals surface area contributed by atoms with Crippen molar-refractivity contribution in [1.29, 1.82) is 0 Å². The van der Waals surface area contributed by atoms with Gasteiger partial charge in [0.2, 0.25) is 0 Å². The molecule has 0 aromatic heterocycles. The fourth-order valence-electron chi connectivity index (χ4n) is 4.05. The highest BCUT2D eigenvalue weighted by Crippen LogP contribution is 2.63. The maximum atomic E-state index is 11.2. The molecule has 0 radical (unpaired) electrons. The van der Waals surface area contributed by atoms with Gasteiger partial charge in [0, 0.05) is 17.3 Å². The van der Waals surface area contributed by atoms with Crippen molar-refractivity contribution in [1.82, 2.24) is 0 Å². The maximum absolute atomic E-state index is 11.2. The third-order valence-electron chi connectivity index (χ3n) is 4.69. The van der Waals surface area contributed by atoms with Gasteiger partial charge in [-0.3, -0.25) is 4.21 Å². The molecule has 2 aliphatic carbocycles. The van der Waals surface area contributed by atoms with Gasteiger partial charge in [-0.1, -0.05) is 18.0 Å². The normalized spacial score (nSPS) is 57.6. The van der Waals surface area contributed by atoms with Gasteiger partial charge in [0.25, 0.3) is 0 Å². The predicted octanol–water partition coefficient (Wildman–Crippen LogP) is 1.07. The second-order valence-corrected chi connectivity index (χ2v) is 6.17. The summed E-state index contributed by atoms with van der Waals surface area (Å²) >= 11 is -1.91. The minimum atomic E-state index is -1.91. The third kappa shape index (κ3) is 0.921. The van der Waals surface area contributed by atoms with E-state index in [1.807, 2.05) is 0 Å². The second-order valence-electron chi connectivity index (χ2n) is 5.08. The van der Waals surface area contributed by atoms with Gasteiger partial charge in [0.15, 0.2) is 0 Å². The summed E-state index contributed by atoms with van der Waals surface area (Å²) < 4.78 is 28.1. The molecule has 1 aliphatic heterocycles. The molecule has 3 rings (SSSR count). The van der Waals surface area contributed by atoms with Gasteiger partial charge in [0.1, 0.15) is 0 Å². The van der Waals surface area contributed by atoms with Crippen LogP contribution in [0.2, 0.25) is 0 Å². The molecule has 4 heteroatoms. The van der Waals surface area contributed by atoms with Crippen LogP contribution >= 0.6 is 0 Å². The lowest BCUT2D eigenvalue weighted by Gasteiger charge is -2.39. The van der Waals surface area contributed by atoms with Gasteiger partial charge in [-0.15, -0.1) is 0 Å². The number of ether oxygens (including phenoxy) is 1. The van der Waals surface area contributed by atoms with E-state index in [0.717, 1.165) is 25.9 Å². The van der Waals surface area contributed by atoms with Crippen molar-refractivity contribution in [3.63, 3.8) is 0 Å². The molecule has 0 aromatic rings. The van der Waals surface area contributed by atoms with Crippen LogP contribution in [-0.2, 0) is 15.8 Å². The topological polar surface area (TPSA) is 49.4 Å². The van der Waals surface area contributed by atoms with E-state index in [4.69, 9.17) is 4.74 Å². The molecule has 3 nitrogen and oxygen atoms in total. The van der Waals surface area contributed by atoms with E-state index in [1.54, 1.807) is 0 Å². The van der Waals surface area contributed by atoms with Gasteiger partial charge < -0.3 is 9.29 Å². The molecule has 1 saturated heterocycles. The van der Waals surface area contributed by atoms with Crippen LogP contribution in [-0.4, -0.2) is 26.7 Å². The molecule has 2 saturated carbocycles.